The summed E-state index contributed by atoms with van der Waals surface area (Å²) in [5.41, 5.74) is 3.73. The maximum Gasteiger partial charge on any atom is 0.141 e. The minimum Gasteiger partial charge on any atom is -0.496 e. The number of aromatic nitrogens is 2. The van der Waals surface area contributed by atoms with Crippen LogP contribution in [0.15, 0.2) is 36.7 Å². The Balaban J connectivity index is 0.00000140. The van der Waals surface area contributed by atoms with Gasteiger partial charge in [0.1, 0.15) is 17.1 Å². The van der Waals surface area contributed by atoms with E-state index in [0.29, 0.717) is 16.5 Å². The second kappa shape index (κ2) is 9.56. The normalized spacial score (nSPS) is 13.6. The van der Waals surface area contributed by atoms with Gasteiger partial charge in [0.05, 0.1) is 24.9 Å². The van der Waals surface area contributed by atoms with Gasteiger partial charge in [0, 0.05) is 62.0 Å². The third-order valence-electron chi connectivity index (χ3n) is 4.68. The van der Waals surface area contributed by atoms with Gasteiger partial charge < -0.3 is 24.1 Å². The monoisotopic (exact) mass is 444 g/mol. The van der Waals surface area contributed by atoms with Crippen molar-refractivity contribution in [2.45, 2.75) is 0 Å². The Bertz CT molecular complexity index is 942. The molecular formula is C19H23Cl3N4O2. The van der Waals surface area contributed by atoms with Crippen LogP contribution >= 0.6 is 36.4 Å². The maximum atomic E-state index is 6.31. The van der Waals surface area contributed by atoms with Crippen molar-refractivity contribution in [3.05, 3.63) is 41.7 Å². The van der Waals surface area contributed by atoms with Gasteiger partial charge in [-0.1, -0.05) is 11.6 Å². The SMILES string of the molecule is COc1cc(OC)c(-c2cn3ccc(N4CCNCC4)cc3n2)cc1Cl.Cl.Cl. The zero-order chi connectivity index (χ0) is 18.1. The van der Waals surface area contributed by atoms with Gasteiger partial charge in [0.25, 0.3) is 0 Å². The highest BCUT2D eigenvalue weighted by molar-refractivity contribution is 6.32. The lowest BCUT2D eigenvalue weighted by Crippen LogP contribution is -2.43. The number of nitrogens with zero attached hydrogens (tertiary/aromatic N) is 3. The van der Waals surface area contributed by atoms with Crippen LogP contribution in [0.4, 0.5) is 5.69 Å². The van der Waals surface area contributed by atoms with Crippen molar-refractivity contribution < 1.29 is 9.47 Å². The second-order valence-corrected chi connectivity index (χ2v) is 6.61. The van der Waals surface area contributed by atoms with Gasteiger partial charge in [-0.3, -0.25) is 0 Å². The lowest BCUT2D eigenvalue weighted by atomic mass is 10.1. The molecule has 9 heteroatoms. The highest BCUT2D eigenvalue weighted by Gasteiger charge is 2.16. The van der Waals surface area contributed by atoms with Crippen LogP contribution in [0.2, 0.25) is 5.02 Å². The molecule has 1 aliphatic heterocycles. The number of imidazole rings is 1. The van der Waals surface area contributed by atoms with Gasteiger partial charge in [0.15, 0.2) is 0 Å². The first-order valence-corrected chi connectivity index (χ1v) is 8.93. The fraction of sp³-hybridized carbons (Fsp3) is 0.316. The van der Waals surface area contributed by atoms with E-state index < -0.39 is 0 Å². The van der Waals surface area contributed by atoms with Crippen LogP contribution in [-0.4, -0.2) is 49.8 Å². The molecule has 0 spiro atoms. The summed E-state index contributed by atoms with van der Waals surface area (Å²) in [4.78, 5) is 7.16. The molecule has 1 aliphatic rings. The number of pyridine rings is 1. The molecule has 1 N–H and O–H groups in total. The summed E-state index contributed by atoms with van der Waals surface area (Å²) < 4.78 is 12.8. The van der Waals surface area contributed by atoms with Gasteiger partial charge in [-0.05, 0) is 12.1 Å². The predicted molar refractivity (Wildman–Crippen MR) is 118 cm³/mol. The summed E-state index contributed by atoms with van der Waals surface area (Å²) in [5, 5.41) is 3.90. The molecule has 1 aromatic carbocycles. The molecule has 0 aliphatic carbocycles. The molecule has 0 bridgehead atoms. The topological polar surface area (TPSA) is 51.0 Å². The van der Waals surface area contributed by atoms with Crippen molar-refractivity contribution in [1.82, 2.24) is 14.7 Å². The highest BCUT2D eigenvalue weighted by atomic mass is 35.5. The second-order valence-electron chi connectivity index (χ2n) is 6.20. The van der Waals surface area contributed by atoms with Crippen molar-refractivity contribution in [2.24, 2.45) is 0 Å². The summed E-state index contributed by atoms with van der Waals surface area (Å²) in [6, 6.07) is 7.86. The van der Waals surface area contributed by atoms with E-state index in [-0.39, 0.29) is 24.8 Å². The van der Waals surface area contributed by atoms with E-state index in [9.17, 15) is 0 Å². The van der Waals surface area contributed by atoms with Gasteiger partial charge in [-0.25, -0.2) is 4.98 Å². The van der Waals surface area contributed by atoms with Crippen molar-refractivity contribution in [2.75, 3.05) is 45.3 Å². The lowest BCUT2D eigenvalue weighted by molar-refractivity contribution is 0.395. The molecule has 1 fully saturated rings. The molecule has 28 heavy (non-hydrogen) atoms. The third-order valence-corrected chi connectivity index (χ3v) is 4.97. The molecular weight excluding hydrogens is 423 g/mol. The summed E-state index contributed by atoms with van der Waals surface area (Å²) >= 11 is 6.31. The molecule has 0 saturated carbocycles. The van der Waals surface area contributed by atoms with Gasteiger partial charge in [-0.15, -0.1) is 24.8 Å². The fourth-order valence-corrected chi connectivity index (χ4v) is 3.52. The number of fused-ring (bicyclic) bond motifs is 1. The number of halogens is 3. The number of benzene rings is 1. The van der Waals surface area contributed by atoms with E-state index in [1.54, 1.807) is 20.3 Å². The first kappa shape index (κ1) is 22.4. The molecule has 4 rings (SSSR count). The zero-order valence-electron chi connectivity index (χ0n) is 15.6. The number of anilines is 1. The van der Waals surface area contributed by atoms with E-state index in [0.717, 1.165) is 43.1 Å². The first-order valence-electron chi connectivity index (χ1n) is 8.56. The van der Waals surface area contributed by atoms with E-state index in [1.165, 1.54) is 5.69 Å². The summed E-state index contributed by atoms with van der Waals surface area (Å²) in [7, 11) is 3.22. The Morgan fingerprint density at radius 2 is 1.75 bits per heavy atom. The van der Waals surface area contributed by atoms with Crippen LogP contribution in [0.3, 0.4) is 0 Å². The van der Waals surface area contributed by atoms with Crippen molar-refractivity contribution in [3.8, 4) is 22.8 Å². The Hall–Kier alpha value is -1.86. The van der Waals surface area contributed by atoms with Gasteiger partial charge in [0.2, 0.25) is 0 Å². The van der Waals surface area contributed by atoms with Crippen LogP contribution in [0.1, 0.15) is 0 Å². The molecule has 152 valence electrons. The molecule has 0 atom stereocenters. The van der Waals surface area contributed by atoms with E-state index in [4.69, 9.17) is 26.1 Å². The number of nitrogens with one attached hydrogen (secondary N) is 1. The number of hydrogen-bond donors (Lipinski definition) is 1. The quantitative estimate of drug-likeness (QED) is 0.659. The average Bonchev–Trinajstić information content (AvgIpc) is 3.11. The zero-order valence-corrected chi connectivity index (χ0v) is 18.0. The Kier molecular flexibility index (Phi) is 7.66. The number of piperazine rings is 1. The molecule has 1 saturated heterocycles. The molecule has 3 aromatic rings. The van der Waals surface area contributed by atoms with E-state index in [2.05, 4.69) is 22.3 Å². The molecule has 6 nitrogen and oxygen atoms in total. The van der Waals surface area contributed by atoms with Crippen LogP contribution in [0.25, 0.3) is 16.9 Å². The van der Waals surface area contributed by atoms with Gasteiger partial charge >= 0.3 is 0 Å². The van der Waals surface area contributed by atoms with Crippen molar-refractivity contribution in [3.63, 3.8) is 0 Å². The summed E-state index contributed by atoms with van der Waals surface area (Å²) in [6.07, 6.45) is 4.03. The standard InChI is InChI=1S/C19H21ClN4O2.2ClH/c1-25-17-11-18(26-2)15(20)10-14(17)16-12-24-6-3-13(9-19(24)22-16)23-7-4-21-5-8-23;;/h3,6,9-12,21H,4-5,7-8H2,1-2H3;2*1H. The average molecular weight is 446 g/mol. The van der Waals surface area contributed by atoms with Crippen molar-refractivity contribution >= 4 is 47.7 Å². The van der Waals surface area contributed by atoms with Crippen molar-refractivity contribution in [1.29, 1.82) is 0 Å². The fourth-order valence-electron chi connectivity index (χ4n) is 3.28. The van der Waals surface area contributed by atoms with E-state index in [1.807, 2.05) is 22.9 Å². The Morgan fingerprint density at radius 3 is 2.43 bits per heavy atom. The highest BCUT2D eigenvalue weighted by Crippen LogP contribution is 2.38. The predicted octanol–water partition coefficient (Wildman–Crippen LogP) is 3.93. The minimum atomic E-state index is 0. The van der Waals surface area contributed by atoms with Crippen LogP contribution in [0, 0.1) is 0 Å². The van der Waals surface area contributed by atoms with Crippen LogP contribution in [0.5, 0.6) is 11.5 Å². The smallest absolute Gasteiger partial charge is 0.141 e. The molecule has 0 amide bonds. The van der Waals surface area contributed by atoms with E-state index >= 15 is 0 Å². The number of ether oxygens (including phenoxy) is 2. The summed E-state index contributed by atoms with van der Waals surface area (Å²) in [6.45, 7) is 4.02. The molecule has 0 radical (unpaired) electrons. The molecule has 3 heterocycles. The van der Waals surface area contributed by atoms with Crippen LogP contribution in [-0.2, 0) is 0 Å². The largest absolute Gasteiger partial charge is 0.496 e. The van der Waals surface area contributed by atoms with Crippen LogP contribution < -0.4 is 19.7 Å². The number of hydrogen-bond acceptors (Lipinski definition) is 5. The Labute approximate surface area is 181 Å². The number of rotatable bonds is 4. The minimum absolute atomic E-state index is 0. The molecule has 0 unspecified atom stereocenters. The summed E-state index contributed by atoms with van der Waals surface area (Å²) in [5.74, 6) is 1.26. The van der Waals surface area contributed by atoms with Gasteiger partial charge in [-0.2, -0.15) is 0 Å². The number of methoxy groups -OCH3 is 2. The Morgan fingerprint density at radius 1 is 1.04 bits per heavy atom. The third kappa shape index (κ3) is 4.25. The maximum absolute atomic E-state index is 6.31. The lowest BCUT2D eigenvalue weighted by Gasteiger charge is -2.29. The first-order chi connectivity index (χ1) is 12.7. The molecule has 2 aromatic heterocycles.